The van der Waals surface area contributed by atoms with Crippen LogP contribution in [0.3, 0.4) is 0 Å². The number of morpholine rings is 1. The Hall–Kier alpha value is -3.20. The summed E-state index contributed by atoms with van der Waals surface area (Å²) >= 11 is 3.65. The van der Waals surface area contributed by atoms with Crippen molar-refractivity contribution < 1.29 is 4.74 Å². The van der Waals surface area contributed by atoms with Gasteiger partial charge in [0.15, 0.2) is 0 Å². The zero-order valence-electron chi connectivity index (χ0n) is 23.1. The maximum Gasteiger partial charge on any atom is 0.249 e. The SMILES string of the molecule is CCC(CC)(Nc1ccc2c(c1)Sc1cccc(C3CN(c4cc[nH]c(=O)c4)CCO3)c1S2)c1ccc(C)cn1. The molecule has 206 valence electrons. The van der Waals surface area contributed by atoms with Gasteiger partial charge >= 0.3 is 0 Å². The molecule has 2 aromatic carbocycles. The molecule has 2 aliphatic rings. The fourth-order valence-corrected chi connectivity index (χ4v) is 7.99. The zero-order chi connectivity index (χ0) is 27.7. The molecular formula is C32H34N4O2S2. The standard InChI is InChI=1S/C32H34N4O2S2/c1-4-32(5-2,29-12-9-21(3)19-34-29)35-22-10-11-26-28(17-22)39-27-8-6-7-24(31(27)40-26)25-20-36(15-16-38-25)23-13-14-33-30(37)18-23/h6-14,17-19,25,35H,4-5,15-16,20H2,1-3H3,(H,33,37). The van der Waals surface area contributed by atoms with Crippen LogP contribution < -0.4 is 15.8 Å². The van der Waals surface area contributed by atoms with Gasteiger partial charge in [-0.25, -0.2) is 0 Å². The molecule has 0 radical (unpaired) electrons. The Morgan fingerprint density at radius 2 is 1.93 bits per heavy atom. The maximum atomic E-state index is 11.9. The van der Waals surface area contributed by atoms with Gasteiger partial charge in [0.05, 0.1) is 17.8 Å². The third-order valence-electron chi connectivity index (χ3n) is 7.91. The summed E-state index contributed by atoms with van der Waals surface area (Å²) in [6, 6.07) is 21.1. The van der Waals surface area contributed by atoms with E-state index in [2.05, 4.69) is 84.5 Å². The summed E-state index contributed by atoms with van der Waals surface area (Å²) in [7, 11) is 0. The van der Waals surface area contributed by atoms with Crippen LogP contribution >= 0.6 is 23.5 Å². The number of pyridine rings is 2. The molecule has 4 heterocycles. The van der Waals surface area contributed by atoms with Crippen LogP contribution in [0.4, 0.5) is 11.4 Å². The molecule has 2 aromatic heterocycles. The number of aromatic nitrogens is 2. The third-order valence-corrected chi connectivity index (χ3v) is 10.5. The van der Waals surface area contributed by atoms with Crippen molar-refractivity contribution in [2.45, 2.75) is 64.8 Å². The minimum Gasteiger partial charge on any atom is -0.374 e. The smallest absolute Gasteiger partial charge is 0.249 e. The highest BCUT2D eigenvalue weighted by Crippen LogP contribution is 2.52. The van der Waals surface area contributed by atoms with E-state index in [-0.39, 0.29) is 17.2 Å². The Balaban J connectivity index is 1.24. The quantitative estimate of drug-likeness (QED) is 0.211. The molecule has 0 amide bonds. The molecule has 6 nitrogen and oxygen atoms in total. The second kappa shape index (κ2) is 11.4. The topological polar surface area (TPSA) is 70.2 Å². The maximum absolute atomic E-state index is 11.9. The number of rotatable bonds is 7. The molecular weight excluding hydrogens is 537 g/mol. The molecule has 1 saturated heterocycles. The Bertz CT molecular complexity index is 1570. The van der Waals surface area contributed by atoms with E-state index in [4.69, 9.17) is 9.72 Å². The molecule has 0 saturated carbocycles. The number of hydrogen-bond donors (Lipinski definition) is 2. The van der Waals surface area contributed by atoms with Crippen molar-refractivity contribution in [1.29, 1.82) is 0 Å². The molecule has 2 N–H and O–H groups in total. The van der Waals surface area contributed by atoms with Gasteiger partial charge in [0.25, 0.3) is 0 Å². The monoisotopic (exact) mass is 570 g/mol. The minimum atomic E-state index is -0.215. The lowest BCUT2D eigenvalue weighted by Gasteiger charge is -2.36. The number of hydrogen-bond acceptors (Lipinski definition) is 7. The Labute approximate surface area is 244 Å². The summed E-state index contributed by atoms with van der Waals surface area (Å²) in [5, 5.41) is 3.85. The minimum absolute atomic E-state index is 0.0599. The lowest BCUT2D eigenvalue weighted by atomic mass is 9.88. The Morgan fingerprint density at radius 1 is 1.05 bits per heavy atom. The normalized spacial score (nSPS) is 16.8. The molecule has 0 aliphatic carbocycles. The van der Waals surface area contributed by atoms with E-state index >= 15 is 0 Å². The molecule has 6 rings (SSSR count). The van der Waals surface area contributed by atoms with Crippen LogP contribution in [-0.2, 0) is 10.3 Å². The van der Waals surface area contributed by atoms with Gasteiger partial charge in [0.2, 0.25) is 5.56 Å². The van der Waals surface area contributed by atoms with Gasteiger partial charge in [-0.05, 0) is 67.3 Å². The highest BCUT2D eigenvalue weighted by atomic mass is 32.2. The predicted molar refractivity (Wildman–Crippen MR) is 164 cm³/mol. The molecule has 1 unspecified atom stereocenters. The van der Waals surface area contributed by atoms with Crippen LogP contribution in [-0.4, -0.2) is 29.7 Å². The highest BCUT2D eigenvalue weighted by molar-refractivity contribution is 8.05. The van der Waals surface area contributed by atoms with Gasteiger partial charge in [-0.2, -0.15) is 0 Å². The molecule has 0 spiro atoms. The first-order valence-corrected chi connectivity index (χ1v) is 15.5. The van der Waals surface area contributed by atoms with Crippen LogP contribution in [0.5, 0.6) is 0 Å². The van der Waals surface area contributed by atoms with Crippen LogP contribution in [0.25, 0.3) is 0 Å². The van der Waals surface area contributed by atoms with Crippen molar-refractivity contribution >= 4 is 34.9 Å². The van der Waals surface area contributed by atoms with Crippen molar-refractivity contribution in [2.75, 3.05) is 29.9 Å². The Kier molecular flexibility index (Phi) is 7.66. The number of aromatic amines is 1. The van der Waals surface area contributed by atoms with E-state index < -0.39 is 0 Å². The van der Waals surface area contributed by atoms with Gasteiger partial charge < -0.3 is 19.9 Å². The number of nitrogens with zero attached hydrogens (tertiary/aromatic N) is 2. The number of H-pyrrole nitrogens is 1. The lowest BCUT2D eigenvalue weighted by Crippen LogP contribution is -2.39. The van der Waals surface area contributed by atoms with Gasteiger partial charge in [-0.15, -0.1) is 0 Å². The summed E-state index contributed by atoms with van der Waals surface area (Å²) in [6.07, 6.45) is 5.50. The molecule has 0 bridgehead atoms. The van der Waals surface area contributed by atoms with Crippen LogP contribution in [0.2, 0.25) is 0 Å². The van der Waals surface area contributed by atoms with Crippen LogP contribution in [0.15, 0.2) is 97.4 Å². The van der Waals surface area contributed by atoms with Gasteiger partial charge in [-0.3, -0.25) is 9.78 Å². The van der Waals surface area contributed by atoms with Crippen LogP contribution in [0.1, 0.15) is 49.6 Å². The summed E-state index contributed by atoms with van der Waals surface area (Å²) in [5.41, 5.74) is 5.21. The number of benzene rings is 2. The summed E-state index contributed by atoms with van der Waals surface area (Å²) in [5.74, 6) is 0. The van der Waals surface area contributed by atoms with E-state index in [1.54, 1.807) is 12.3 Å². The molecule has 40 heavy (non-hydrogen) atoms. The van der Waals surface area contributed by atoms with Gasteiger partial charge in [-0.1, -0.05) is 55.6 Å². The predicted octanol–water partition coefficient (Wildman–Crippen LogP) is 7.40. The van der Waals surface area contributed by atoms with E-state index in [0.29, 0.717) is 13.2 Å². The van der Waals surface area contributed by atoms with E-state index in [9.17, 15) is 4.79 Å². The second-order valence-corrected chi connectivity index (χ2v) is 12.5. The number of anilines is 2. The summed E-state index contributed by atoms with van der Waals surface area (Å²) in [4.78, 5) is 26.6. The van der Waals surface area contributed by atoms with E-state index in [1.165, 1.54) is 30.7 Å². The lowest BCUT2D eigenvalue weighted by molar-refractivity contribution is 0.0379. The molecule has 2 aliphatic heterocycles. The van der Waals surface area contributed by atoms with Crippen molar-refractivity contribution in [3.8, 4) is 0 Å². The molecule has 1 fully saturated rings. The largest absolute Gasteiger partial charge is 0.374 e. The summed E-state index contributed by atoms with van der Waals surface area (Å²) in [6.45, 7) is 8.63. The summed E-state index contributed by atoms with van der Waals surface area (Å²) < 4.78 is 6.28. The fourth-order valence-electron chi connectivity index (χ4n) is 5.54. The first-order chi connectivity index (χ1) is 19.5. The average Bonchev–Trinajstić information content (AvgIpc) is 2.99. The zero-order valence-corrected chi connectivity index (χ0v) is 24.7. The van der Waals surface area contributed by atoms with Crippen molar-refractivity contribution in [3.05, 3.63) is 100 Å². The van der Waals surface area contributed by atoms with Crippen molar-refractivity contribution in [3.63, 3.8) is 0 Å². The number of ether oxygens (including phenoxy) is 1. The van der Waals surface area contributed by atoms with E-state index in [1.807, 2.05) is 35.8 Å². The third kappa shape index (κ3) is 5.28. The molecule has 1 atom stereocenters. The molecule has 4 aromatic rings. The fraction of sp³-hybridized carbons (Fsp3) is 0.312. The van der Waals surface area contributed by atoms with Gasteiger partial charge in [0.1, 0.15) is 6.10 Å². The van der Waals surface area contributed by atoms with E-state index in [0.717, 1.165) is 36.5 Å². The highest BCUT2D eigenvalue weighted by Gasteiger charge is 2.31. The number of fused-ring (bicyclic) bond motifs is 2. The number of nitrogens with one attached hydrogen (secondary N) is 2. The second-order valence-electron chi connectivity index (χ2n) is 10.4. The van der Waals surface area contributed by atoms with Gasteiger partial charge in [0, 0.05) is 62.5 Å². The van der Waals surface area contributed by atoms with Crippen molar-refractivity contribution in [1.82, 2.24) is 9.97 Å². The average molecular weight is 571 g/mol. The van der Waals surface area contributed by atoms with Crippen molar-refractivity contribution in [2.24, 2.45) is 0 Å². The Morgan fingerprint density at radius 3 is 2.70 bits per heavy atom. The first-order valence-electron chi connectivity index (χ1n) is 13.9. The molecule has 8 heteroatoms. The first kappa shape index (κ1) is 27.0. The number of aryl methyl sites for hydroxylation is 1. The van der Waals surface area contributed by atoms with Crippen LogP contribution in [0, 0.1) is 6.92 Å².